The normalized spacial score (nSPS) is 10.8. The summed E-state index contributed by atoms with van der Waals surface area (Å²) in [5.41, 5.74) is 6.62. The zero-order valence-electron chi connectivity index (χ0n) is 6.58. The van der Waals surface area contributed by atoms with Crippen LogP contribution in [0.1, 0.15) is 0 Å². The Morgan fingerprint density at radius 1 is 1.50 bits per heavy atom. The number of aryl methyl sites for hydroxylation is 1. The molecule has 0 saturated heterocycles. The molecule has 0 aliphatic carbocycles. The third-order valence-corrected chi connectivity index (χ3v) is 2.17. The van der Waals surface area contributed by atoms with Crippen LogP contribution in [0.5, 0.6) is 0 Å². The number of aromatic nitrogens is 2. The first kappa shape index (κ1) is 7.43. The van der Waals surface area contributed by atoms with Crippen LogP contribution in [0.3, 0.4) is 0 Å². The second-order valence-electron chi connectivity index (χ2n) is 2.64. The van der Waals surface area contributed by atoms with Crippen molar-refractivity contribution in [1.29, 1.82) is 0 Å². The van der Waals surface area contributed by atoms with Crippen molar-refractivity contribution >= 4 is 28.3 Å². The zero-order chi connectivity index (χ0) is 8.72. The summed E-state index contributed by atoms with van der Waals surface area (Å²) in [6.45, 7) is 0. The predicted octanol–water partition coefficient (Wildman–Crippen LogP) is 1.81. The summed E-state index contributed by atoms with van der Waals surface area (Å²) < 4.78 is 1.72. The van der Waals surface area contributed by atoms with Gasteiger partial charge in [-0.25, -0.2) is 0 Å². The minimum absolute atomic E-state index is 0.484. The topological polar surface area (TPSA) is 43.8 Å². The first-order valence-corrected chi connectivity index (χ1v) is 3.94. The van der Waals surface area contributed by atoms with Gasteiger partial charge in [-0.3, -0.25) is 4.68 Å². The molecule has 0 unspecified atom stereocenters. The highest BCUT2D eigenvalue weighted by molar-refractivity contribution is 6.36. The quantitative estimate of drug-likeness (QED) is 0.674. The van der Waals surface area contributed by atoms with Crippen LogP contribution in [-0.4, -0.2) is 9.78 Å². The molecule has 3 nitrogen and oxygen atoms in total. The van der Waals surface area contributed by atoms with E-state index in [0.717, 1.165) is 10.9 Å². The number of nitrogens with two attached hydrogens (primary N) is 1. The summed E-state index contributed by atoms with van der Waals surface area (Å²) in [6, 6.07) is 5.62. The van der Waals surface area contributed by atoms with Gasteiger partial charge in [0.15, 0.2) is 5.82 Å². The molecule has 2 aromatic rings. The fourth-order valence-electron chi connectivity index (χ4n) is 1.30. The van der Waals surface area contributed by atoms with Gasteiger partial charge in [0, 0.05) is 7.05 Å². The monoisotopic (exact) mass is 181 g/mol. The number of hydrogen-bond acceptors (Lipinski definition) is 2. The molecule has 1 heterocycles. The fourth-order valence-corrected chi connectivity index (χ4v) is 1.57. The number of hydrogen-bond donors (Lipinski definition) is 1. The molecule has 0 aliphatic heterocycles. The minimum atomic E-state index is 0.484. The molecule has 2 N–H and O–H groups in total. The predicted molar refractivity (Wildman–Crippen MR) is 50.1 cm³/mol. The van der Waals surface area contributed by atoms with E-state index in [1.807, 2.05) is 25.2 Å². The molecule has 0 fully saturated rings. The lowest BCUT2D eigenvalue weighted by Crippen LogP contribution is -1.90. The molecule has 2 rings (SSSR count). The number of nitrogen functional groups attached to an aromatic ring is 1. The first-order chi connectivity index (χ1) is 5.70. The molecular weight excluding hydrogens is 174 g/mol. The second kappa shape index (κ2) is 2.38. The van der Waals surface area contributed by atoms with Crippen LogP contribution in [0.4, 0.5) is 5.82 Å². The van der Waals surface area contributed by atoms with Crippen molar-refractivity contribution in [2.75, 3.05) is 5.73 Å². The van der Waals surface area contributed by atoms with E-state index in [0.29, 0.717) is 10.8 Å². The van der Waals surface area contributed by atoms with Gasteiger partial charge in [-0.1, -0.05) is 17.7 Å². The third-order valence-electron chi connectivity index (χ3n) is 1.85. The number of fused-ring (bicyclic) bond motifs is 1. The van der Waals surface area contributed by atoms with E-state index >= 15 is 0 Å². The highest BCUT2D eigenvalue weighted by Gasteiger charge is 2.07. The van der Waals surface area contributed by atoms with Gasteiger partial charge in [-0.05, 0) is 12.1 Å². The van der Waals surface area contributed by atoms with Crippen molar-refractivity contribution < 1.29 is 0 Å². The van der Waals surface area contributed by atoms with E-state index in [2.05, 4.69) is 5.10 Å². The largest absolute Gasteiger partial charge is 0.382 e. The van der Waals surface area contributed by atoms with Gasteiger partial charge >= 0.3 is 0 Å². The van der Waals surface area contributed by atoms with Crippen molar-refractivity contribution in [3.8, 4) is 0 Å². The summed E-state index contributed by atoms with van der Waals surface area (Å²) in [6.07, 6.45) is 0. The van der Waals surface area contributed by atoms with Gasteiger partial charge in [0.05, 0.1) is 15.9 Å². The van der Waals surface area contributed by atoms with Gasteiger partial charge in [-0.2, -0.15) is 5.10 Å². The van der Waals surface area contributed by atoms with Crippen molar-refractivity contribution in [1.82, 2.24) is 9.78 Å². The molecule has 0 aliphatic rings. The fraction of sp³-hybridized carbons (Fsp3) is 0.125. The molecular formula is C8H8ClN3. The van der Waals surface area contributed by atoms with Crippen molar-refractivity contribution in [2.24, 2.45) is 7.05 Å². The molecule has 0 amide bonds. The van der Waals surface area contributed by atoms with Crippen LogP contribution in [0, 0.1) is 0 Å². The van der Waals surface area contributed by atoms with E-state index in [9.17, 15) is 0 Å². The summed E-state index contributed by atoms with van der Waals surface area (Å²) in [5.74, 6) is 0.484. The maximum absolute atomic E-state index is 5.94. The number of rotatable bonds is 0. The van der Waals surface area contributed by atoms with E-state index in [-0.39, 0.29) is 0 Å². The lowest BCUT2D eigenvalue weighted by Gasteiger charge is -1.93. The summed E-state index contributed by atoms with van der Waals surface area (Å²) in [4.78, 5) is 0. The molecule has 0 saturated carbocycles. The standard InChI is InChI=1S/C8H8ClN3/c1-12-6-4-2-3-5(9)7(6)8(10)11-12/h2-4H,1H3,(H2,10,11). The van der Waals surface area contributed by atoms with Crippen molar-refractivity contribution in [3.63, 3.8) is 0 Å². The summed E-state index contributed by atoms with van der Waals surface area (Å²) in [7, 11) is 1.84. The van der Waals surface area contributed by atoms with Crippen LogP contribution in [0.25, 0.3) is 10.9 Å². The van der Waals surface area contributed by atoms with Crippen LogP contribution in [-0.2, 0) is 7.05 Å². The SMILES string of the molecule is Cn1nc(N)c2c(Cl)cccc21. The molecule has 1 aromatic carbocycles. The number of halogens is 1. The average Bonchev–Trinajstić information content (AvgIpc) is 2.29. The molecule has 12 heavy (non-hydrogen) atoms. The Morgan fingerprint density at radius 3 is 2.92 bits per heavy atom. The van der Waals surface area contributed by atoms with Gasteiger partial charge in [0.25, 0.3) is 0 Å². The molecule has 62 valence electrons. The maximum Gasteiger partial charge on any atom is 0.154 e. The van der Waals surface area contributed by atoms with Gasteiger partial charge in [-0.15, -0.1) is 0 Å². The molecule has 4 heteroatoms. The zero-order valence-corrected chi connectivity index (χ0v) is 7.34. The maximum atomic E-state index is 5.94. The third kappa shape index (κ3) is 0.865. The summed E-state index contributed by atoms with van der Waals surface area (Å²) >= 11 is 5.94. The molecule has 0 atom stereocenters. The van der Waals surface area contributed by atoms with Crippen LogP contribution in [0.2, 0.25) is 5.02 Å². The lowest BCUT2D eigenvalue weighted by molar-refractivity contribution is 0.802. The molecule has 0 spiro atoms. The van der Waals surface area contributed by atoms with Gasteiger partial charge < -0.3 is 5.73 Å². The Kier molecular flexibility index (Phi) is 1.48. The van der Waals surface area contributed by atoms with Crippen LogP contribution in [0.15, 0.2) is 18.2 Å². The van der Waals surface area contributed by atoms with E-state index in [4.69, 9.17) is 17.3 Å². The van der Waals surface area contributed by atoms with Crippen molar-refractivity contribution in [3.05, 3.63) is 23.2 Å². The van der Waals surface area contributed by atoms with E-state index in [1.165, 1.54) is 0 Å². The molecule has 0 bridgehead atoms. The Balaban J connectivity index is 2.99. The Labute approximate surface area is 74.7 Å². The Morgan fingerprint density at radius 2 is 2.25 bits per heavy atom. The highest BCUT2D eigenvalue weighted by atomic mass is 35.5. The van der Waals surface area contributed by atoms with Gasteiger partial charge in [0.2, 0.25) is 0 Å². The van der Waals surface area contributed by atoms with E-state index < -0.39 is 0 Å². The van der Waals surface area contributed by atoms with Crippen molar-refractivity contribution in [2.45, 2.75) is 0 Å². The Hall–Kier alpha value is -1.22. The minimum Gasteiger partial charge on any atom is -0.382 e. The average molecular weight is 182 g/mol. The second-order valence-corrected chi connectivity index (χ2v) is 3.05. The smallest absolute Gasteiger partial charge is 0.154 e. The Bertz CT molecular complexity index is 433. The lowest BCUT2D eigenvalue weighted by atomic mass is 10.2. The number of benzene rings is 1. The molecule has 1 aromatic heterocycles. The summed E-state index contributed by atoms with van der Waals surface area (Å²) in [5, 5.41) is 5.55. The van der Waals surface area contributed by atoms with Crippen LogP contribution >= 0.6 is 11.6 Å². The van der Waals surface area contributed by atoms with Crippen LogP contribution < -0.4 is 5.73 Å². The van der Waals surface area contributed by atoms with Gasteiger partial charge in [0.1, 0.15) is 0 Å². The highest BCUT2D eigenvalue weighted by Crippen LogP contribution is 2.27. The number of anilines is 1. The molecule has 0 radical (unpaired) electrons. The number of nitrogens with zero attached hydrogens (tertiary/aromatic N) is 2. The first-order valence-electron chi connectivity index (χ1n) is 3.57. The van der Waals surface area contributed by atoms with E-state index in [1.54, 1.807) is 4.68 Å².